The first-order valence-electron chi connectivity index (χ1n) is 7.46. The van der Waals surface area contributed by atoms with Crippen LogP contribution in [0.1, 0.15) is 11.1 Å². The third-order valence-corrected chi connectivity index (χ3v) is 4.13. The highest BCUT2D eigenvalue weighted by Crippen LogP contribution is 2.15. The number of benzene rings is 2. The van der Waals surface area contributed by atoms with Crippen LogP contribution < -0.4 is 10.9 Å². The van der Waals surface area contributed by atoms with E-state index in [1.54, 1.807) is 18.2 Å². The molecule has 2 aromatic carbocycles. The Labute approximate surface area is 143 Å². The van der Waals surface area contributed by atoms with Crippen LogP contribution in [0.25, 0.3) is 10.9 Å². The molecule has 1 amide bonds. The second-order valence-corrected chi connectivity index (χ2v) is 6.12. The zero-order chi connectivity index (χ0) is 17.3. The quantitative estimate of drug-likeness (QED) is 0.795. The lowest BCUT2D eigenvalue weighted by Crippen LogP contribution is -2.27. The van der Waals surface area contributed by atoms with E-state index in [9.17, 15) is 9.59 Å². The van der Waals surface area contributed by atoms with Crippen molar-refractivity contribution in [2.75, 3.05) is 5.32 Å². The van der Waals surface area contributed by atoms with Crippen LogP contribution in [0.3, 0.4) is 0 Å². The molecule has 24 heavy (non-hydrogen) atoms. The summed E-state index contributed by atoms with van der Waals surface area (Å²) >= 11 is 5.90. The average Bonchev–Trinajstić information content (AvgIpc) is 2.53. The predicted octanol–water partition coefficient (Wildman–Crippen LogP) is 3.31. The summed E-state index contributed by atoms with van der Waals surface area (Å²) in [6.07, 6.45) is 1.36. The average molecular weight is 342 g/mol. The van der Waals surface area contributed by atoms with Crippen molar-refractivity contribution in [1.29, 1.82) is 0 Å². The van der Waals surface area contributed by atoms with E-state index in [1.165, 1.54) is 10.9 Å². The maximum Gasteiger partial charge on any atom is 0.261 e. The van der Waals surface area contributed by atoms with Gasteiger partial charge in [-0.3, -0.25) is 14.2 Å². The number of anilines is 1. The fourth-order valence-corrected chi connectivity index (χ4v) is 2.58. The SMILES string of the molecule is Cc1ccc(NC(=O)Cn2cnc3cc(Cl)ccc3c2=O)cc1C. The smallest absolute Gasteiger partial charge is 0.261 e. The molecule has 1 aromatic heterocycles. The summed E-state index contributed by atoms with van der Waals surface area (Å²) in [6.45, 7) is 3.89. The van der Waals surface area contributed by atoms with Crippen molar-refractivity contribution in [1.82, 2.24) is 9.55 Å². The molecule has 122 valence electrons. The molecule has 0 bridgehead atoms. The lowest BCUT2D eigenvalue weighted by atomic mass is 10.1. The van der Waals surface area contributed by atoms with Gasteiger partial charge in [-0.1, -0.05) is 17.7 Å². The number of carbonyl (C=O) groups excluding carboxylic acids is 1. The number of carbonyl (C=O) groups is 1. The molecule has 0 saturated heterocycles. The second-order valence-electron chi connectivity index (χ2n) is 5.69. The van der Waals surface area contributed by atoms with Crippen LogP contribution in [0.4, 0.5) is 5.69 Å². The molecule has 0 atom stereocenters. The Bertz CT molecular complexity index is 995. The molecule has 3 rings (SSSR count). The number of fused-ring (bicyclic) bond motifs is 1. The third kappa shape index (κ3) is 3.31. The molecule has 0 saturated carbocycles. The molecule has 5 nitrogen and oxygen atoms in total. The van der Waals surface area contributed by atoms with Crippen LogP contribution in [0.2, 0.25) is 5.02 Å². The van der Waals surface area contributed by atoms with E-state index in [0.29, 0.717) is 21.6 Å². The highest BCUT2D eigenvalue weighted by Gasteiger charge is 2.09. The summed E-state index contributed by atoms with van der Waals surface area (Å²) < 4.78 is 1.28. The minimum absolute atomic E-state index is 0.0999. The molecule has 3 aromatic rings. The molecular weight excluding hydrogens is 326 g/mol. The zero-order valence-electron chi connectivity index (χ0n) is 13.3. The van der Waals surface area contributed by atoms with Crippen LogP contribution in [-0.4, -0.2) is 15.5 Å². The lowest BCUT2D eigenvalue weighted by molar-refractivity contribution is -0.116. The van der Waals surface area contributed by atoms with Gasteiger partial charge in [-0.15, -0.1) is 0 Å². The van der Waals surface area contributed by atoms with Crippen molar-refractivity contribution < 1.29 is 4.79 Å². The van der Waals surface area contributed by atoms with Crippen molar-refractivity contribution in [3.05, 3.63) is 69.2 Å². The Morgan fingerprint density at radius 2 is 1.96 bits per heavy atom. The van der Waals surface area contributed by atoms with E-state index in [4.69, 9.17) is 11.6 Å². The Kier molecular flexibility index (Phi) is 4.36. The van der Waals surface area contributed by atoms with Gasteiger partial charge in [0.15, 0.2) is 0 Å². The first-order valence-corrected chi connectivity index (χ1v) is 7.83. The monoisotopic (exact) mass is 341 g/mol. The van der Waals surface area contributed by atoms with Crippen LogP contribution in [0, 0.1) is 13.8 Å². The number of hydrogen-bond donors (Lipinski definition) is 1. The Balaban J connectivity index is 1.82. The summed E-state index contributed by atoms with van der Waals surface area (Å²) in [5.74, 6) is -0.282. The van der Waals surface area contributed by atoms with Gasteiger partial charge in [0.1, 0.15) is 6.54 Å². The van der Waals surface area contributed by atoms with E-state index >= 15 is 0 Å². The number of halogens is 1. The van der Waals surface area contributed by atoms with Crippen molar-refractivity contribution >= 4 is 34.1 Å². The van der Waals surface area contributed by atoms with Crippen LogP contribution in [-0.2, 0) is 11.3 Å². The van der Waals surface area contributed by atoms with Gasteiger partial charge in [-0.2, -0.15) is 0 Å². The first-order chi connectivity index (χ1) is 11.4. The minimum Gasteiger partial charge on any atom is -0.325 e. The fourth-order valence-electron chi connectivity index (χ4n) is 2.42. The van der Waals surface area contributed by atoms with Gasteiger partial charge in [-0.25, -0.2) is 4.98 Å². The number of rotatable bonds is 3. The lowest BCUT2D eigenvalue weighted by Gasteiger charge is -2.09. The molecule has 0 unspecified atom stereocenters. The molecule has 6 heteroatoms. The van der Waals surface area contributed by atoms with E-state index in [0.717, 1.165) is 11.1 Å². The van der Waals surface area contributed by atoms with Crippen molar-refractivity contribution in [2.45, 2.75) is 20.4 Å². The fraction of sp³-hybridized carbons (Fsp3) is 0.167. The number of nitrogens with zero attached hydrogens (tertiary/aromatic N) is 2. The third-order valence-electron chi connectivity index (χ3n) is 3.89. The maximum atomic E-state index is 12.4. The summed E-state index contributed by atoms with van der Waals surface area (Å²) in [5.41, 5.74) is 3.19. The zero-order valence-corrected chi connectivity index (χ0v) is 14.1. The molecule has 1 heterocycles. The molecule has 1 N–H and O–H groups in total. The van der Waals surface area contributed by atoms with Crippen molar-refractivity contribution in [3.63, 3.8) is 0 Å². The van der Waals surface area contributed by atoms with Crippen molar-refractivity contribution in [3.8, 4) is 0 Å². The largest absolute Gasteiger partial charge is 0.325 e. The summed E-state index contributed by atoms with van der Waals surface area (Å²) in [4.78, 5) is 28.8. The van der Waals surface area contributed by atoms with Gasteiger partial charge in [-0.05, 0) is 55.3 Å². The van der Waals surface area contributed by atoms with Crippen LogP contribution in [0.5, 0.6) is 0 Å². The van der Waals surface area contributed by atoms with Crippen molar-refractivity contribution in [2.24, 2.45) is 0 Å². The summed E-state index contributed by atoms with van der Waals surface area (Å²) in [5, 5.41) is 3.74. The van der Waals surface area contributed by atoms with Gasteiger partial charge in [0.25, 0.3) is 5.56 Å². The minimum atomic E-state index is -0.282. The number of nitrogens with one attached hydrogen (secondary N) is 1. The molecule has 0 spiro atoms. The number of aromatic nitrogens is 2. The highest BCUT2D eigenvalue weighted by atomic mass is 35.5. The van der Waals surface area contributed by atoms with E-state index in [1.807, 2.05) is 32.0 Å². The van der Waals surface area contributed by atoms with E-state index in [2.05, 4.69) is 10.3 Å². The molecule has 0 fully saturated rings. The van der Waals surface area contributed by atoms with Gasteiger partial charge in [0.05, 0.1) is 17.2 Å². The maximum absolute atomic E-state index is 12.4. The molecule has 0 radical (unpaired) electrons. The summed E-state index contributed by atoms with van der Waals surface area (Å²) in [7, 11) is 0. The number of aryl methyl sites for hydroxylation is 2. The van der Waals surface area contributed by atoms with E-state index in [-0.39, 0.29) is 18.0 Å². The Morgan fingerprint density at radius 1 is 1.17 bits per heavy atom. The van der Waals surface area contributed by atoms with Gasteiger partial charge >= 0.3 is 0 Å². The van der Waals surface area contributed by atoms with Gasteiger partial charge < -0.3 is 5.32 Å². The first kappa shape index (κ1) is 16.2. The predicted molar refractivity (Wildman–Crippen MR) is 95.6 cm³/mol. The van der Waals surface area contributed by atoms with Crippen LogP contribution in [0.15, 0.2) is 47.5 Å². The standard InChI is InChI=1S/C18H16ClN3O2/c1-11-3-5-14(7-12(11)2)21-17(23)9-22-10-20-16-8-13(19)4-6-15(16)18(22)24/h3-8,10H,9H2,1-2H3,(H,21,23). The van der Waals surface area contributed by atoms with Crippen LogP contribution >= 0.6 is 11.6 Å². The Hall–Kier alpha value is -2.66. The normalized spacial score (nSPS) is 10.8. The molecule has 0 aliphatic heterocycles. The molecule has 0 aliphatic rings. The highest BCUT2D eigenvalue weighted by molar-refractivity contribution is 6.31. The van der Waals surface area contributed by atoms with E-state index < -0.39 is 0 Å². The van der Waals surface area contributed by atoms with Gasteiger partial charge in [0, 0.05) is 10.7 Å². The molecular formula is C18H16ClN3O2. The molecule has 0 aliphatic carbocycles. The Morgan fingerprint density at radius 3 is 2.71 bits per heavy atom. The second kappa shape index (κ2) is 6.45. The summed E-state index contributed by atoms with van der Waals surface area (Å²) in [6, 6.07) is 10.5. The number of hydrogen-bond acceptors (Lipinski definition) is 3. The topological polar surface area (TPSA) is 64.0 Å². The van der Waals surface area contributed by atoms with Gasteiger partial charge in [0.2, 0.25) is 5.91 Å². The number of amides is 1.